The Morgan fingerprint density at radius 1 is 1.54 bits per heavy atom. The molecule has 1 amide bonds. The Hall–Kier alpha value is -0.260. The summed E-state index contributed by atoms with van der Waals surface area (Å²) in [6, 6.07) is 0.0613. The van der Waals surface area contributed by atoms with Crippen LogP contribution in [0.3, 0.4) is 0 Å². The lowest BCUT2D eigenvalue weighted by atomic mass is 10.1. The van der Waals surface area contributed by atoms with E-state index in [9.17, 15) is 4.79 Å². The Morgan fingerprint density at radius 2 is 2.38 bits per heavy atom. The molecule has 0 saturated carbocycles. The second-order valence-electron chi connectivity index (χ2n) is 3.67. The molecule has 3 heterocycles. The first-order valence-electron chi connectivity index (χ1n) is 4.45. The molecular weight excluding hydrogens is 190 g/mol. The molecule has 0 aliphatic carbocycles. The van der Waals surface area contributed by atoms with Crippen molar-refractivity contribution in [3.63, 3.8) is 0 Å². The smallest absolute Gasteiger partial charge is 0.217 e. The van der Waals surface area contributed by atoms with Gasteiger partial charge in [-0.3, -0.25) is 4.79 Å². The molecule has 5 atom stereocenters. The summed E-state index contributed by atoms with van der Waals surface area (Å²) in [4.78, 5) is 10.9. The first-order chi connectivity index (χ1) is 6.25. The highest BCUT2D eigenvalue weighted by Crippen LogP contribution is 2.53. The van der Waals surface area contributed by atoms with E-state index in [1.54, 1.807) is 0 Å². The topological polar surface area (TPSA) is 47.6 Å². The van der Waals surface area contributed by atoms with Gasteiger partial charge in [0.2, 0.25) is 5.91 Å². The lowest BCUT2D eigenvalue weighted by Crippen LogP contribution is -2.50. The number of nitrogens with one attached hydrogen (secondary N) is 1. The van der Waals surface area contributed by atoms with Crippen molar-refractivity contribution >= 4 is 17.7 Å². The minimum atomic E-state index is -0.204. The molecule has 0 aromatic carbocycles. The van der Waals surface area contributed by atoms with Gasteiger partial charge >= 0.3 is 0 Å². The quantitative estimate of drug-likeness (QED) is 0.593. The highest BCUT2D eigenvalue weighted by Gasteiger charge is 2.60. The van der Waals surface area contributed by atoms with Gasteiger partial charge in [-0.25, -0.2) is 0 Å². The molecule has 5 unspecified atom stereocenters. The fourth-order valence-corrected chi connectivity index (χ4v) is 3.37. The monoisotopic (exact) mass is 201 g/mol. The van der Waals surface area contributed by atoms with Crippen LogP contribution in [0, 0.1) is 0 Å². The van der Waals surface area contributed by atoms with Gasteiger partial charge in [0.15, 0.2) is 6.29 Å². The second kappa shape index (κ2) is 2.62. The number of fused-ring (bicyclic) bond motifs is 4. The summed E-state index contributed by atoms with van der Waals surface area (Å²) in [5.41, 5.74) is 0. The molecule has 13 heavy (non-hydrogen) atoms. The fourth-order valence-electron chi connectivity index (χ4n) is 2.07. The average Bonchev–Trinajstić information content (AvgIpc) is 2.74. The van der Waals surface area contributed by atoms with Crippen LogP contribution in [0.4, 0.5) is 0 Å². The molecule has 0 aromatic rings. The molecule has 5 heteroatoms. The van der Waals surface area contributed by atoms with Gasteiger partial charge in [0.05, 0.1) is 18.8 Å². The molecule has 3 aliphatic rings. The Kier molecular flexibility index (Phi) is 1.63. The van der Waals surface area contributed by atoms with Crippen LogP contribution >= 0.6 is 11.8 Å². The lowest BCUT2D eigenvalue weighted by Gasteiger charge is -2.26. The summed E-state index contributed by atoms with van der Waals surface area (Å²) >= 11 is 1.89. The summed E-state index contributed by atoms with van der Waals surface area (Å²) in [5.74, 6) is -0.00574. The molecule has 3 saturated heterocycles. The second-order valence-corrected chi connectivity index (χ2v) is 5.03. The van der Waals surface area contributed by atoms with Crippen molar-refractivity contribution in [2.24, 2.45) is 0 Å². The van der Waals surface area contributed by atoms with Crippen molar-refractivity contribution in [3.05, 3.63) is 0 Å². The van der Waals surface area contributed by atoms with E-state index in [-0.39, 0.29) is 24.3 Å². The van der Waals surface area contributed by atoms with Gasteiger partial charge in [0, 0.05) is 17.4 Å². The predicted molar refractivity (Wildman–Crippen MR) is 47.4 cm³/mol. The fraction of sp³-hybridized carbons (Fsp3) is 0.875. The van der Waals surface area contributed by atoms with Crippen molar-refractivity contribution in [2.75, 3.05) is 6.61 Å². The molecular formula is C8H11NO3S. The minimum Gasteiger partial charge on any atom is -0.348 e. The van der Waals surface area contributed by atoms with E-state index in [0.29, 0.717) is 17.1 Å². The van der Waals surface area contributed by atoms with Crippen LogP contribution in [0.5, 0.6) is 0 Å². The Labute approximate surface area is 80.3 Å². The number of hydrogen-bond donors (Lipinski definition) is 1. The van der Waals surface area contributed by atoms with Crippen LogP contribution in [0.15, 0.2) is 0 Å². The molecule has 0 spiro atoms. The summed E-state index contributed by atoms with van der Waals surface area (Å²) in [5, 5.41) is 3.97. The first kappa shape index (κ1) is 8.08. The maximum Gasteiger partial charge on any atom is 0.217 e. The lowest BCUT2D eigenvalue weighted by molar-refractivity contribution is -0.127. The van der Waals surface area contributed by atoms with Gasteiger partial charge in [-0.1, -0.05) is 0 Å². The molecule has 4 nitrogen and oxygen atoms in total. The average molecular weight is 201 g/mol. The van der Waals surface area contributed by atoms with Gasteiger partial charge in [-0.2, -0.15) is 0 Å². The molecule has 1 N–H and O–H groups in total. The normalized spacial score (nSPS) is 51.3. The highest BCUT2D eigenvalue weighted by atomic mass is 32.2. The van der Waals surface area contributed by atoms with E-state index in [1.807, 2.05) is 11.8 Å². The van der Waals surface area contributed by atoms with Crippen molar-refractivity contribution < 1.29 is 14.3 Å². The van der Waals surface area contributed by atoms with Gasteiger partial charge < -0.3 is 14.8 Å². The van der Waals surface area contributed by atoms with Crippen molar-refractivity contribution in [1.29, 1.82) is 0 Å². The molecule has 72 valence electrons. The van der Waals surface area contributed by atoms with Crippen LogP contribution in [0.2, 0.25) is 0 Å². The SMILES string of the molecule is CC(=O)NC1C2OCC(O2)C2SC12. The largest absolute Gasteiger partial charge is 0.348 e. The number of carbonyl (C=O) groups is 1. The van der Waals surface area contributed by atoms with Crippen molar-refractivity contribution in [3.8, 4) is 0 Å². The van der Waals surface area contributed by atoms with Crippen LogP contribution < -0.4 is 5.32 Å². The number of amides is 1. The van der Waals surface area contributed by atoms with Gasteiger partial charge in [-0.05, 0) is 0 Å². The van der Waals surface area contributed by atoms with Crippen LogP contribution in [-0.4, -0.2) is 41.4 Å². The number of ether oxygens (including phenoxy) is 2. The minimum absolute atomic E-state index is 0.00574. The van der Waals surface area contributed by atoms with Crippen molar-refractivity contribution in [2.45, 2.75) is 35.9 Å². The number of hydrogen-bond acceptors (Lipinski definition) is 4. The third-order valence-corrected chi connectivity index (χ3v) is 4.18. The van der Waals surface area contributed by atoms with Gasteiger partial charge in [0.1, 0.15) is 0 Å². The zero-order valence-electron chi connectivity index (χ0n) is 7.23. The van der Waals surface area contributed by atoms with E-state index in [4.69, 9.17) is 9.47 Å². The third kappa shape index (κ3) is 1.18. The van der Waals surface area contributed by atoms with Crippen LogP contribution in [0.25, 0.3) is 0 Å². The van der Waals surface area contributed by atoms with E-state index < -0.39 is 0 Å². The summed E-state index contributed by atoms with van der Waals surface area (Å²) in [6.45, 7) is 2.22. The first-order valence-corrected chi connectivity index (χ1v) is 5.39. The Balaban J connectivity index is 1.76. The molecule has 2 bridgehead atoms. The van der Waals surface area contributed by atoms with Crippen LogP contribution in [-0.2, 0) is 14.3 Å². The van der Waals surface area contributed by atoms with E-state index in [1.165, 1.54) is 6.92 Å². The van der Waals surface area contributed by atoms with Crippen LogP contribution in [0.1, 0.15) is 6.92 Å². The molecule has 0 radical (unpaired) electrons. The molecule has 3 fully saturated rings. The van der Waals surface area contributed by atoms with E-state index in [0.717, 1.165) is 0 Å². The zero-order chi connectivity index (χ0) is 9.00. The van der Waals surface area contributed by atoms with Crippen molar-refractivity contribution in [1.82, 2.24) is 5.32 Å². The zero-order valence-corrected chi connectivity index (χ0v) is 8.04. The maximum absolute atomic E-state index is 10.9. The highest BCUT2D eigenvalue weighted by molar-refractivity contribution is 8.07. The van der Waals surface area contributed by atoms with Gasteiger partial charge in [0.25, 0.3) is 0 Å². The summed E-state index contributed by atoms with van der Waals surface area (Å²) < 4.78 is 11.0. The number of thioether (sulfide) groups is 1. The Morgan fingerprint density at radius 3 is 3.15 bits per heavy atom. The number of rotatable bonds is 1. The molecule has 0 aromatic heterocycles. The molecule has 3 rings (SSSR count). The summed E-state index contributed by atoms with van der Waals surface area (Å²) in [6.07, 6.45) is 0.0650. The third-order valence-electron chi connectivity index (χ3n) is 2.68. The summed E-state index contributed by atoms with van der Waals surface area (Å²) in [7, 11) is 0. The van der Waals surface area contributed by atoms with E-state index in [2.05, 4.69) is 5.32 Å². The Bertz CT molecular complexity index is 260. The van der Waals surface area contributed by atoms with E-state index >= 15 is 0 Å². The maximum atomic E-state index is 10.9. The van der Waals surface area contributed by atoms with Gasteiger partial charge in [-0.15, -0.1) is 11.8 Å². The molecule has 3 aliphatic heterocycles. The standard InChI is InChI=1S/C8H11NO3S/c1-3(10)9-5-7-6(13-7)4-2-11-8(5)12-4/h4-8H,2H2,1H3,(H,9,10). The number of carbonyl (C=O) groups excluding carboxylic acids is 1. The predicted octanol–water partition coefficient (Wildman–Crippen LogP) is -0.270.